The third kappa shape index (κ3) is 9.27. The molecule has 0 bridgehead atoms. The van der Waals surface area contributed by atoms with Crippen molar-refractivity contribution < 1.29 is 52.6 Å². The quantitative estimate of drug-likeness (QED) is 0.376. The molecule has 0 saturated carbocycles. The maximum atomic E-state index is 9.10. The van der Waals surface area contributed by atoms with Crippen molar-refractivity contribution >= 4 is 11.9 Å². The molecule has 0 radical (unpaired) electrons. The summed E-state index contributed by atoms with van der Waals surface area (Å²) in [5.74, 6) is -3.65. The zero-order valence-corrected chi connectivity index (χ0v) is 7.95. The molecule has 0 fully saturated rings. The van der Waals surface area contributed by atoms with Crippen molar-refractivity contribution in [3.05, 3.63) is 0 Å². The summed E-state index contributed by atoms with van der Waals surface area (Å²) in [6, 6.07) is 0. The second-order valence-corrected chi connectivity index (χ2v) is 0.610. The van der Waals surface area contributed by atoms with Crippen LogP contribution in [0.5, 0.6) is 0 Å². The van der Waals surface area contributed by atoms with E-state index in [1.54, 1.807) is 0 Å². The second kappa shape index (κ2) is 6.82. The van der Waals surface area contributed by atoms with Crippen LogP contribution in [0.15, 0.2) is 0 Å². The zero-order valence-electron chi connectivity index (χ0n) is 3.92. The summed E-state index contributed by atoms with van der Waals surface area (Å²) in [5, 5.41) is 14.8. The molecule has 0 aromatic heterocycles. The summed E-state index contributed by atoms with van der Waals surface area (Å²) in [5.41, 5.74) is 0. The third-order valence-electron chi connectivity index (χ3n) is 0.183. The van der Waals surface area contributed by atoms with E-state index in [1.807, 2.05) is 0 Å². The van der Waals surface area contributed by atoms with E-state index in [9.17, 15) is 0 Å². The van der Waals surface area contributed by atoms with Crippen molar-refractivity contribution in [2.45, 2.75) is 0 Å². The van der Waals surface area contributed by atoms with Gasteiger partial charge in [-0.05, 0) is 0 Å². The Morgan fingerprint density at radius 3 is 1.12 bits per heavy atom. The Kier molecular flexibility index (Phi) is 13.4. The number of hydrogen-bond donors (Lipinski definition) is 2. The van der Waals surface area contributed by atoms with Gasteiger partial charge in [-0.25, -0.2) is 9.59 Å². The molecule has 0 aliphatic rings. The van der Waals surface area contributed by atoms with Crippen LogP contribution in [0.1, 0.15) is 0 Å². The van der Waals surface area contributed by atoms with Crippen molar-refractivity contribution in [2.24, 2.45) is 0 Å². The fourth-order valence-electron chi connectivity index (χ4n) is 0. The Morgan fingerprint density at radius 1 is 1.00 bits per heavy atom. The SMILES string of the molecule is O.O=C(O)C(=O)O.[Cd]. The Hall–Kier alpha value is -0.178. The average Bonchev–Trinajstić information content (AvgIpc) is 1.36. The number of aliphatic carboxylic acids is 2. The first kappa shape index (κ1) is 15.7. The van der Waals surface area contributed by atoms with E-state index in [0.717, 1.165) is 0 Å². The molecular formula is C2H4CdO5. The predicted molar refractivity (Wildman–Crippen MR) is 18.9 cm³/mol. The molecule has 0 atom stereocenters. The van der Waals surface area contributed by atoms with Crippen LogP contribution in [0.3, 0.4) is 0 Å². The van der Waals surface area contributed by atoms with Crippen LogP contribution in [-0.2, 0) is 36.9 Å². The van der Waals surface area contributed by atoms with Gasteiger partial charge in [0.25, 0.3) is 0 Å². The number of hydrogen-bond acceptors (Lipinski definition) is 2. The molecule has 0 amide bonds. The molecule has 8 heavy (non-hydrogen) atoms. The minimum atomic E-state index is -1.82. The monoisotopic (exact) mass is 222 g/mol. The zero-order chi connectivity index (χ0) is 5.15. The first-order valence-electron chi connectivity index (χ1n) is 1.11. The first-order chi connectivity index (χ1) is 2.64. The molecule has 0 heterocycles. The van der Waals surface area contributed by atoms with Gasteiger partial charge in [0.1, 0.15) is 0 Å². The molecule has 44 valence electrons. The fourth-order valence-corrected chi connectivity index (χ4v) is 0. The van der Waals surface area contributed by atoms with Crippen molar-refractivity contribution in [3.63, 3.8) is 0 Å². The van der Waals surface area contributed by atoms with Gasteiger partial charge in [-0.1, -0.05) is 0 Å². The van der Waals surface area contributed by atoms with Gasteiger partial charge in [0.15, 0.2) is 0 Å². The summed E-state index contributed by atoms with van der Waals surface area (Å²) in [7, 11) is 0. The van der Waals surface area contributed by atoms with Crippen LogP contribution in [-0.4, -0.2) is 27.6 Å². The van der Waals surface area contributed by atoms with Gasteiger partial charge in [0.2, 0.25) is 0 Å². The molecule has 5 nitrogen and oxygen atoms in total. The average molecular weight is 220 g/mol. The molecule has 0 aliphatic carbocycles. The van der Waals surface area contributed by atoms with E-state index in [4.69, 9.17) is 19.8 Å². The normalized spacial score (nSPS) is 5.50. The second-order valence-electron chi connectivity index (χ2n) is 0.610. The minimum Gasteiger partial charge on any atom is -0.473 e. The van der Waals surface area contributed by atoms with E-state index in [1.165, 1.54) is 0 Å². The van der Waals surface area contributed by atoms with Gasteiger partial charge >= 0.3 is 11.9 Å². The number of carbonyl (C=O) groups is 2. The minimum absolute atomic E-state index is 0. The van der Waals surface area contributed by atoms with Crippen LogP contribution in [0.4, 0.5) is 0 Å². The standard InChI is InChI=1S/C2H2O4.Cd.H2O/c3-1(4)2(5)6;;/h(H,3,4)(H,5,6);;1H2. The third-order valence-corrected chi connectivity index (χ3v) is 0.183. The molecule has 0 unspecified atom stereocenters. The Balaban J connectivity index is -0.000000125. The summed E-state index contributed by atoms with van der Waals surface area (Å²) < 4.78 is 0. The van der Waals surface area contributed by atoms with E-state index in [0.29, 0.717) is 0 Å². The van der Waals surface area contributed by atoms with Crippen LogP contribution in [0, 0.1) is 0 Å². The largest absolute Gasteiger partial charge is 0.473 e. The van der Waals surface area contributed by atoms with Gasteiger partial charge < -0.3 is 15.7 Å². The molecule has 0 aromatic carbocycles. The molecule has 0 saturated heterocycles. The molecule has 0 rings (SSSR count). The number of rotatable bonds is 0. The summed E-state index contributed by atoms with van der Waals surface area (Å²) >= 11 is 0. The molecule has 0 spiro atoms. The smallest absolute Gasteiger partial charge is 0.414 e. The molecule has 6 heteroatoms. The van der Waals surface area contributed by atoms with Gasteiger partial charge in [-0.3, -0.25) is 0 Å². The van der Waals surface area contributed by atoms with E-state index >= 15 is 0 Å². The van der Waals surface area contributed by atoms with Gasteiger partial charge in [-0.15, -0.1) is 0 Å². The van der Waals surface area contributed by atoms with Crippen LogP contribution in [0.25, 0.3) is 0 Å². The van der Waals surface area contributed by atoms with Gasteiger partial charge in [0, 0.05) is 27.3 Å². The number of carboxylic acids is 2. The Morgan fingerprint density at radius 2 is 1.12 bits per heavy atom. The van der Waals surface area contributed by atoms with E-state index < -0.39 is 11.9 Å². The van der Waals surface area contributed by atoms with Crippen LogP contribution >= 0.6 is 0 Å². The summed E-state index contributed by atoms with van der Waals surface area (Å²) in [6.45, 7) is 0. The molecule has 0 aliphatic heterocycles. The van der Waals surface area contributed by atoms with Crippen LogP contribution < -0.4 is 0 Å². The summed E-state index contributed by atoms with van der Waals surface area (Å²) in [4.78, 5) is 18.2. The Labute approximate surface area is 64.8 Å². The van der Waals surface area contributed by atoms with Crippen LogP contribution in [0.2, 0.25) is 0 Å². The van der Waals surface area contributed by atoms with E-state index in [-0.39, 0.29) is 32.8 Å². The first-order valence-corrected chi connectivity index (χ1v) is 1.11. The number of carboxylic acid groups (broad SMARTS) is 2. The van der Waals surface area contributed by atoms with Crippen molar-refractivity contribution in [2.75, 3.05) is 0 Å². The predicted octanol–water partition coefficient (Wildman–Crippen LogP) is -1.67. The van der Waals surface area contributed by atoms with Crippen molar-refractivity contribution in [1.82, 2.24) is 0 Å². The molecular weight excluding hydrogens is 216 g/mol. The van der Waals surface area contributed by atoms with E-state index in [2.05, 4.69) is 0 Å². The molecule has 0 aromatic rings. The Bertz CT molecular complexity index is 76.4. The topological polar surface area (TPSA) is 106 Å². The van der Waals surface area contributed by atoms with Gasteiger partial charge in [-0.2, -0.15) is 0 Å². The maximum Gasteiger partial charge on any atom is 0.414 e. The van der Waals surface area contributed by atoms with Crippen molar-refractivity contribution in [3.8, 4) is 0 Å². The van der Waals surface area contributed by atoms with Crippen molar-refractivity contribution in [1.29, 1.82) is 0 Å². The summed E-state index contributed by atoms with van der Waals surface area (Å²) in [6.07, 6.45) is 0. The fraction of sp³-hybridized carbons (Fsp3) is 0. The maximum absolute atomic E-state index is 9.10. The van der Waals surface area contributed by atoms with Gasteiger partial charge in [0.05, 0.1) is 0 Å². The molecule has 4 N–H and O–H groups in total.